The van der Waals surface area contributed by atoms with Gasteiger partial charge in [-0.1, -0.05) is 39.8 Å². The first-order chi connectivity index (χ1) is 22.3. The Balaban J connectivity index is 1.15. The van der Waals surface area contributed by atoms with E-state index in [2.05, 4.69) is 52.0 Å². The van der Waals surface area contributed by atoms with E-state index in [9.17, 15) is 0 Å². The monoisotopic (exact) mass is 636 g/mol. The predicted molar refractivity (Wildman–Crippen MR) is 178 cm³/mol. The van der Waals surface area contributed by atoms with Crippen molar-refractivity contribution in [3.8, 4) is 11.4 Å². The second kappa shape index (κ2) is 14.7. The summed E-state index contributed by atoms with van der Waals surface area (Å²) in [5.74, 6) is 3.36. The van der Waals surface area contributed by atoms with Crippen LogP contribution < -0.4 is 0 Å². The van der Waals surface area contributed by atoms with Gasteiger partial charge in [-0.25, -0.2) is 0 Å². The Labute approximate surface area is 275 Å². The van der Waals surface area contributed by atoms with Crippen LogP contribution >= 0.6 is 0 Å². The van der Waals surface area contributed by atoms with Crippen LogP contribution in [0.1, 0.15) is 112 Å². The van der Waals surface area contributed by atoms with E-state index in [0.29, 0.717) is 86.0 Å². The molecule has 0 aromatic carbocycles. The van der Waals surface area contributed by atoms with E-state index in [-0.39, 0.29) is 13.2 Å². The molecule has 0 aliphatic heterocycles. The van der Waals surface area contributed by atoms with Crippen molar-refractivity contribution in [3.63, 3.8) is 0 Å². The Morgan fingerprint density at radius 3 is 1.35 bits per heavy atom. The van der Waals surface area contributed by atoms with Crippen molar-refractivity contribution in [3.05, 3.63) is 46.8 Å². The van der Waals surface area contributed by atoms with E-state index in [1.165, 1.54) is 35.4 Å². The highest BCUT2D eigenvalue weighted by molar-refractivity contribution is 5.59. The highest BCUT2D eigenvalue weighted by atomic mass is 16.5. The van der Waals surface area contributed by atoms with Gasteiger partial charge in [0.1, 0.15) is 0 Å². The van der Waals surface area contributed by atoms with E-state index < -0.39 is 0 Å². The third-order valence-corrected chi connectivity index (χ3v) is 12.1. The molecule has 0 amide bonds. The molecule has 6 aliphatic carbocycles. The number of pyridine rings is 2. The van der Waals surface area contributed by atoms with Crippen molar-refractivity contribution in [2.45, 2.75) is 89.9 Å². The van der Waals surface area contributed by atoms with Gasteiger partial charge in [0.2, 0.25) is 0 Å². The number of rotatable bonds is 19. The molecule has 0 saturated heterocycles. The van der Waals surface area contributed by atoms with Gasteiger partial charge in [-0.15, -0.1) is 0 Å². The highest BCUT2D eigenvalue weighted by Gasteiger charge is 2.58. The number of aliphatic hydroxyl groups excluding tert-OH is 2. The van der Waals surface area contributed by atoms with Crippen LogP contribution in [0, 0.1) is 22.7 Å². The Kier molecular flexibility index (Phi) is 10.8. The van der Waals surface area contributed by atoms with Crippen LogP contribution in [-0.4, -0.2) is 86.2 Å². The molecule has 254 valence electrons. The van der Waals surface area contributed by atoms with E-state index in [1.807, 2.05) is 0 Å². The number of hydrogen-bond donors (Lipinski definition) is 2. The molecule has 6 atom stereocenters. The maximum atomic E-state index is 8.87. The molecule has 6 aliphatic rings. The number of aromatic nitrogens is 2. The average Bonchev–Trinajstić information content (AvgIpc) is 3.05. The molecular weight excluding hydrogens is 580 g/mol. The smallest absolute Gasteiger partial charge is 0.0889 e. The minimum Gasteiger partial charge on any atom is -0.394 e. The van der Waals surface area contributed by atoms with Crippen LogP contribution in [0.3, 0.4) is 0 Å². The van der Waals surface area contributed by atoms with Crippen LogP contribution in [0.2, 0.25) is 0 Å². The molecule has 8 heteroatoms. The summed E-state index contributed by atoms with van der Waals surface area (Å²) >= 11 is 0. The lowest BCUT2D eigenvalue weighted by atomic mass is 9.44. The molecule has 46 heavy (non-hydrogen) atoms. The molecule has 2 fully saturated rings. The van der Waals surface area contributed by atoms with E-state index in [1.54, 1.807) is 0 Å². The summed E-state index contributed by atoms with van der Waals surface area (Å²) in [7, 11) is 0. The third kappa shape index (κ3) is 6.55. The topological polar surface area (TPSA) is 103 Å². The lowest BCUT2D eigenvalue weighted by Gasteiger charge is -2.60. The molecule has 2 heterocycles. The fourth-order valence-electron chi connectivity index (χ4n) is 9.42. The van der Waals surface area contributed by atoms with Gasteiger partial charge in [0.05, 0.1) is 64.2 Å². The van der Waals surface area contributed by atoms with Crippen LogP contribution in [0.4, 0.5) is 0 Å². The summed E-state index contributed by atoms with van der Waals surface area (Å²) in [5.41, 5.74) is 8.11. The first-order valence-corrected chi connectivity index (χ1v) is 17.8. The molecule has 2 aromatic rings. The van der Waals surface area contributed by atoms with Gasteiger partial charge in [-0.3, -0.25) is 9.97 Å². The fraction of sp³-hybridized carbons (Fsp3) is 0.737. The van der Waals surface area contributed by atoms with Gasteiger partial charge in [0.15, 0.2) is 0 Å². The van der Waals surface area contributed by atoms with Crippen molar-refractivity contribution >= 4 is 0 Å². The Morgan fingerprint density at radius 2 is 0.978 bits per heavy atom. The summed E-state index contributed by atoms with van der Waals surface area (Å²) in [6.45, 7) is 14.2. The van der Waals surface area contributed by atoms with Crippen molar-refractivity contribution in [2.75, 3.05) is 66.1 Å². The summed E-state index contributed by atoms with van der Waals surface area (Å²) in [4.78, 5) is 10.8. The molecule has 0 radical (unpaired) electrons. The normalized spacial score (nSPS) is 27.8. The van der Waals surface area contributed by atoms with Gasteiger partial charge >= 0.3 is 0 Å². The van der Waals surface area contributed by atoms with Gasteiger partial charge in [-0.2, -0.15) is 0 Å². The highest BCUT2D eigenvalue weighted by Crippen LogP contribution is 2.68. The van der Waals surface area contributed by atoms with Crippen molar-refractivity contribution in [1.82, 2.24) is 9.97 Å². The minimum absolute atomic E-state index is 0.0503. The minimum atomic E-state index is 0.0503. The van der Waals surface area contributed by atoms with Crippen LogP contribution in [0.25, 0.3) is 11.4 Å². The van der Waals surface area contributed by atoms with Gasteiger partial charge < -0.3 is 29.2 Å². The standard InChI is InChI=1S/C38H56N2O6/c1-37(2)29-23-31(37)27-9-11-33(39-35(27)25(29)7-5-15-43-19-21-45-17-13-41)34-12-10-28-32-24-30(38(32,3)4)26(36(28)40-34)8-6-16-44-20-22-46-18-14-42/h9-12,25-26,29-32,41-42H,5-8,13-24H2,1-4H3/t25-,26-,29+,30+,31-,32-/m0/s1. The first-order valence-electron chi connectivity index (χ1n) is 17.8. The zero-order valence-corrected chi connectivity index (χ0v) is 28.5. The zero-order valence-electron chi connectivity index (χ0n) is 28.5. The Bertz CT molecular complexity index is 1210. The summed E-state index contributed by atoms with van der Waals surface area (Å²) in [5, 5.41) is 17.7. The Morgan fingerprint density at radius 1 is 0.587 bits per heavy atom. The van der Waals surface area contributed by atoms with Crippen molar-refractivity contribution < 1.29 is 29.2 Å². The molecule has 4 bridgehead atoms. The number of aliphatic hydroxyl groups is 2. The quantitative estimate of drug-likeness (QED) is 0.176. The fourth-order valence-corrected chi connectivity index (χ4v) is 9.42. The molecule has 0 unspecified atom stereocenters. The van der Waals surface area contributed by atoms with Gasteiger partial charge in [0.25, 0.3) is 0 Å². The first kappa shape index (κ1) is 33.9. The van der Waals surface area contributed by atoms with Crippen molar-refractivity contribution in [1.29, 1.82) is 0 Å². The molecule has 2 saturated carbocycles. The number of hydrogen-bond acceptors (Lipinski definition) is 8. The Hall–Kier alpha value is -1.94. The van der Waals surface area contributed by atoms with Crippen LogP contribution in [0.5, 0.6) is 0 Å². The summed E-state index contributed by atoms with van der Waals surface area (Å²) in [6, 6.07) is 9.18. The molecule has 8 rings (SSSR count). The number of ether oxygens (including phenoxy) is 4. The van der Waals surface area contributed by atoms with Gasteiger partial charge in [0, 0.05) is 36.4 Å². The lowest BCUT2D eigenvalue weighted by Crippen LogP contribution is -2.51. The third-order valence-electron chi connectivity index (χ3n) is 12.1. The number of nitrogens with zero attached hydrogens (tertiary/aromatic N) is 2. The van der Waals surface area contributed by atoms with E-state index in [0.717, 1.165) is 50.3 Å². The maximum Gasteiger partial charge on any atom is 0.0889 e. The predicted octanol–water partition coefficient (Wildman–Crippen LogP) is 6.21. The van der Waals surface area contributed by atoms with E-state index >= 15 is 0 Å². The molecule has 2 aromatic heterocycles. The summed E-state index contributed by atoms with van der Waals surface area (Å²) < 4.78 is 22.3. The van der Waals surface area contributed by atoms with Crippen LogP contribution in [0.15, 0.2) is 24.3 Å². The SMILES string of the molecule is CC1(C)[C@@H]2C[C@H]1c1ccc(-c3ccc4c(n3)[C@@H](CCCOCCOCCO)[C@H]3C[C@@H]4C3(C)C)nc1[C@H]2CCCOCCOCCO. The van der Waals surface area contributed by atoms with Crippen LogP contribution in [-0.2, 0) is 18.9 Å². The molecule has 0 spiro atoms. The summed E-state index contributed by atoms with van der Waals surface area (Å²) in [6.07, 6.45) is 6.69. The average molecular weight is 637 g/mol. The largest absolute Gasteiger partial charge is 0.394 e. The zero-order chi connectivity index (χ0) is 32.3. The molecular formula is C38H56N2O6. The van der Waals surface area contributed by atoms with E-state index in [4.69, 9.17) is 39.1 Å². The second-order valence-corrected chi connectivity index (χ2v) is 15.2. The lowest BCUT2D eigenvalue weighted by molar-refractivity contribution is -0.0138. The van der Waals surface area contributed by atoms with Crippen molar-refractivity contribution in [2.24, 2.45) is 22.7 Å². The maximum absolute atomic E-state index is 8.87. The molecule has 2 N–H and O–H groups in total. The van der Waals surface area contributed by atoms with Gasteiger partial charge in [-0.05, 0) is 96.3 Å². The molecule has 8 nitrogen and oxygen atoms in total. The second-order valence-electron chi connectivity index (χ2n) is 15.2.